The van der Waals surface area contributed by atoms with E-state index in [-0.39, 0.29) is 11.8 Å². The third-order valence-electron chi connectivity index (χ3n) is 5.86. The Labute approximate surface area is 197 Å². The lowest BCUT2D eigenvalue weighted by Gasteiger charge is -2.17. The number of hydrogen-bond acceptors (Lipinski definition) is 5. The predicted octanol–water partition coefficient (Wildman–Crippen LogP) is 5.08. The van der Waals surface area contributed by atoms with E-state index in [9.17, 15) is 9.59 Å². The largest absolute Gasteiger partial charge is 0.493 e. The molecule has 1 aliphatic rings. The van der Waals surface area contributed by atoms with Gasteiger partial charge in [0.15, 0.2) is 0 Å². The number of aromatic nitrogens is 2. The van der Waals surface area contributed by atoms with Crippen LogP contribution in [0, 0.1) is 13.8 Å². The molecule has 170 valence electrons. The Hall–Kier alpha value is -4.26. The fourth-order valence-electron chi connectivity index (χ4n) is 3.98. The van der Waals surface area contributed by atoms with Gasteiger partial charge in [0.25, 0.3) is 11.8 Å². The number of anilines is 2. The second-order valence-corrected chi connectivity index (χ2v) is 8.40. The first kappa shape index (κ1) is 21.6. The number of carbonyl (C=O) groups is 2. The van der Waals surface area contributed by atoms with Crippen LogP contribution in [-0.2, 0) is 6.42 Å². The van der Waals surface area contributed by atoms with Crippen LogP contribution in [0.4, 0.5) is 11.4 Å². The van der Waals surface area contributed by atoms with E-state index >= 15 is 0 Å². The number of carbonyl (C=O) groups excluding carboxylic acids is 2. The van der Waals surface area contributed by atoms with Gasteiger partial charge in [0, 0.05) is 22.2 Å². The summed E-state index contributed by atoms with van der Waals surface area (Å²) in [6, 6.07) is 16.5. The SMILES string of the molecule is Cc1ccc2cc(C(=O)Nc3cc(NC(=O)c4ccc5c(c4)OCCC5)cnc3C)ccc2n1. The average Bonchev–Trinajstić information content (AvgIpc) is 2.85. The minimum absolute atomic E-state index is 0.261. The lowest BCUT2D eigenvalue weighted by atomic mass is 10.0. The number of aryl methyl sites for hydroxylation is 3. The third kappa shape index (κ3) is 4.45. The molecule has 0 aliphatic carbocycles. The molecule has 0 saturated carbocycles. The van der Waals surface area contributed by atoms with Gasteiger partial charge < -0.3 is 15.4 Å². The van der Waals surface area contributed by atoms with Gasteiger partial charge in [-0.2, -0.15) is 0 Å². The van der Waals surface area contributed by atoms with Crippen LogP contribution in [0.15, 0.2) is 60.8 Å². The topological polar surface area (TPSA) is 93.2 Å². The predicted molar refractivity (Wildman–Crippen MR) is 132 cm³/mol. The van der Waals surface area contributed by atoms with Gasteiger partial charge in [-0.25, -0.2) is 0 Å². The fourth-order valence-corrected chi connectivity index (χ4v) is 3.98. The summed E-state index contributed by atoms with van der Waals surface area (Å²) < 4.78 is 5.67. The number of ether oxygens (including phenoxy) is 1. The molecule has 2 aromatic heterocycles. The molecule has 2 amide bonds. The van der Waals surface area contributed by atoms with E-state index in [1.165, 1.54) is 0 Å². The zero-order chi connectivity index (χ0) is 23.7. The summed E-state index contributed by atoms with van der Waals surface area (Å²) in [5.41, 5.74) is 5.56. The molecule has 0 fully saturated rings. The normalized spacial score (nSPS) is 12.5. The van der Waals surface area contributed by atoms with Crippen molar-refractivity contribution in [1.82, 2.24) is 9.97 Å². The van der Waals surface area contributed by atoms with Crippen LogP contribution >= 0.6 is 0 Å². The first-order valence-corrected chi connectivity index (χ1v) is 11.2. The molecule has 0 bridgehead atoms. The first-order chi connectivity index (χ1) is 16.5. The lowest BCUT2D eigenvalue weighted by Crippen LogP contribution is -2.16. The number of nitrogens with zero attached hydrogens (tertiary/aromatic N) is 2. The van der Waals surface area contributed by atoms with E-state index in [1.54, 1.807) is 37.4 Å². The minimum atomic E-state index is -0.266. The number of hydrogen-bond donors (Lipinski definition) is 2. The maximum absolute atomic E-state index is 12.9. The molecule has 0 unspecified atom stereocenters. The summed E-state index contributed by atoms with van der Waals surface area (Å²) in [7, 11) is 0. The van der Waals surface area contributed by atoms with Gasteiger partial charge in [0.1, 0.15) is 5.75 Å². The van der Waals surface area contributed by atoms with Gasteiger partial charge in [-0.05, 0) is 74.7 Å². The van der Waals surface area contributed by atoms with E-state index < -0.39 is 0 Å². The van der Waals surface area contributed by atoms with Crippen molar-refractivity contribution in [2.75, 3.05) is 17.2 Å². The number of fused-ring (bicyclic) bond motifs is 2. The average molecular weight is 453 g/mol. The second-order valence-electron chi connectivity index (χ2n) is 8.40. The van der Waals surface area contributed by atoms with Gasteiger partial charge in [0.05, 0.1) is 35.4 Å². The highest BCUT2D eigenvalue weighted by molar-refractivity contribution is 6.07. The zero-order valence-electron chi connectivity index (χ0n) is 19.0. The van der Waals surface area contributed by atoms with Crippen LogP contribution in [-0.4, -0.2) is 28.4 Å². The Balaban J connectivity index is 1.33. The summed E-state index contributed by atoms with van der Waals surface area (Å²) in [5, 5.41) is 6.65. The number of amides is 2. The van der Waals surface area contributed by atoms with E-state index in [1.807, 2.05) is 37.3 Å². The highest BCUT2D eigenvalue weighted by atomic mass is 16.5. The van der Waals surface area contributed by atoms with Crippen molar-refractivity contribution in [1.29, 1.82) is 0 Å². The van der Waals surface area contributed by atoms with Gasteiger partial charge in [-0.3, -0.25) is 19.6 Å². The highest BCUT2D eigenvalue weighted by Crippen LogP contribution is 2.27. The van der Waals surface area contributed by atoms with E-state index in [0.717, 1.165) is 40.8 Å². The van der Waals surface area contributed by atoms with E-state index in [0.29, 0.717) is 34.8 Å². The Morgan fingerprint density at radius 3 is 2.59 bits per heavy atom. The van der Waals surface area contributed by atoms with Crippen molar-refractivity contribution >= 4 is 34.1 Å². The molecule has 0 atom stereocenters. The van der Waals surface area contributed by atoms with Crippen molar-refractivity contribution in [3.63, 3.8) is 0 Å². The van der Waals surface area contributed by atoms with Crippen LogP contribution in [0.2, 0.25) is 0 Å². The maximum atomic E-state index is 12.9. The number of nitrogens with one attached hydrogen (secondary N) is 2. The number of benzene rings is 2. The molecule has 4 aromatic rings. The molecular weight excluding hydrogens is 428 g/mol. The van der Waals surface area contributed by atoms with Crippen molar-refractivity contribution < 1.29 is 14.3 Å². The van der Waals surface area contributed by atoms with Crippen LogP contribution < -0.4 is 15.4 Å². The fraction of sp³-hybridized carbons (Fsp3) is 0.185. The van der Waals surface area contributed by atoms with Gasteiger partial charge in [-0.15, -0.1) is 0 Å². The Morgan fingerprint density at radius 2 is 1.71 bits per heavy atom. The highest BCUT2D eigenvalue weighted by Gasteiger charge is 2.15. The molecule has 2 N–H and O–H groups in total. The standard InChI is InChI=1S/C27H24N4O3/c1-16-5-6-19-12-20(9-10-23(19)29-16)27(33)31-24-14-22(15-28-17(24)2)30-26(32)21-8-7-18-4-3-11-34-25(18)13-21/h5-10,12-15H,3-4,11H2,1-2H3,(H,30,32)(H,31,33). The lowest BCUT2D eigenvalue weighted by molar-refractivity contribution is 0.101. The van der Waals surface area contributed by atoms with Gasteiger partial charge in [0.2, 0.25) is 0 Å². The maximum Gasteiger partial charge on any atom is 0.255 e. The summed E-state index contributed by atoms with van der Waals surface area (Å²) in [6.45, 7) is 4.40. The Bertz CT molecular complexity index is 1430. The molecule has 7 nitrogen and oxygen atoms in total. The molecule has 0 saturated heterocycles. The van der Waals surface area contributed by atoms with Crippen molar-refractivity contribution in [2.45, 2.75) is 26.7 Å². The molecule has 0 spiro atoms. The molecule has 7 heteroatoms. The monoisotopic (exact) mass is 452 g/mol. The van der Waals surface area contributed by atoms with Crippen molar-refractivity contribution in [3.8, 4) is 5.75 Å². The second kappa shape index (κ2) is 8.94. The Morgan fingerprint density at radius 1 is 0.912 bits per heavy atom. The first-order valence-electron chi connectivity index (χ1n) is 11.2. The summed E-state index contributed by atoms with van der Waals surface area (Å²) >= 11 is 0. The summed E-state index contributed by atoms with van der Waals surface area (Å²) in [4.78, 5) is 34.5. The minimum Gasteiger partial charge on any atom is -0.493 e. The molecule has 1 aliphatic heterocycles. The van der Waals surface area contributed by atoms with Gasteiger partial charge >= 0.3 is 0 Å². The molecule has 5 rings (SSSR count). The smallest absolute Gasteiger partial charge is 0.255 e. The molecule has 34 heavy (non-hydrogen) atoms. The molecule has 3 heterocycles. The quantitative estimate of drug-likeness (QED) is 0.451. The zero-order valence-corrected chi connectivity index (χ0v) is 19.0. The van der Waals surface area contributed by atoms with Crippen LogP contribution in [0.5, 0.6) is 5.75 Å². The van der Waals surface area contributed by atoms with Gasteiger partial charge in [-0.1, -0.05) is 12.1 Å². The molecule has 2 aromatic carbocycles. The van der Waals surface area contributed by atoms with Crippen LogP contribution in [0.25, 0.3) is 10.9 Å². The number of pyridine rings is 2. The number of rotatable bonds is 4. The Kier molecular flexibility index (Phi) is 5.67. The van der Waals surface area contributed by atoms with Crippen molar-refractivity contribution in [3.05, 3.63) is 88.9 Å². The van der Waals surface area contributed by atoms with Crippen molar-refractivity contribution in [2.24, 2.45) is 0 Å². The van der Waals surface area contributed by atoms with Crippen LogP contribution in [0.3, 0.4) is 0 Å². The van der Waals surface area contributed by atoms with E-state index in [2.05, 4.69) is 20.6 Å². The van der Waals surface area contributed by atoms with Crippen LogP contribution in [0.1, 0.15) is 44.1 Å². The molecule has 0 radical (unpaired) electrons. The third-order valence-corrected chi connectivity index (χ3v) is 5.86. The summed E-state index contributed by atoms with van der Waals surface area (Å²) in [6.07, 6.45) is 3.51. The van der Waals surface area contributed by atoms with E-state index in [4.69, 9.17) is 4.74 Å². The summed E-state index contributed by atoms with van der Waals surface area (Å²) in [5.74, 6) is 0.231. The molecular formula is C27H24N4O3.